The molecule has 0 atom stereocenters. The van der Waals surface area contributed by atoms with Crippen LogP contribution in [0.15, 0.2) is 60.1 Å². The lowest BCUT2D eigenvalue weighted by atomic mass is 10.1. The predicted octanol–water partition coefficient (Wildman–Crippen LogP) is 3.51. The van der Waals surface area contributed by atoms with Crippen LogP contribution in [0.1, 0.15) is 10.4 Å². The first-order valence-corrected chi connectivity index (χ1v) is 10.3. The van der Waals surface area contributed by atoms with Crippen molar-refractivity contribution in [1.82, 2.24) is 29.6 Å². The Morgan fingerprint density at radius 1 is 1.06 bits per heavy atom. The van der Waals surface area contributed by atoms with Crippen molar-refractivity contribution in [2.45, 2.75) is 0 Å². The molecule has 154 valence electrons. The Bertz CT molecular complexity index is 1370. The summed E-state index contributed by atoms with van der Waals surface area (Å²) < 4.78 is 8.43. The number of aryl methyl sites for hydroxylation is 1. The molecule has 4 aromatic heterocycles. The molecule has 5 rings (SSSR count). The monoisotopic (exact) mass is 431 g/mol. The minimum atomic E-state index is -0.290. The van der Waals surface area contributed by atoms with Crippen molar-refractivity contribution in [3.05, 3.63) is 65.7 Å². The minimum Gasteiger partial charge on any atom is -0.479 e. The lowest BCUT2D eigenvalue weighted by Crippen LogP contribution is -2.12. The first-order valence-electron chi connectivity index (χ1n) is 9.38. The summed E-state index contributed by atoms with van der Waals surface area (Å²) in [5.41, 5.74) is 3.39. The van der Waals surface area contributed by atoms with E-state index in [1.54, 1.807) is 29.1 Å². The van der Waals surface area contributed by atoms with E-state index in [0.717, 1.165) is 16.1 Å². The maximum absolute atomic E-state index is 12.6. The summed E-state index contributed by atoms with van der Waals surface area (Å²) in [6, 6.07) is 15.2. The fourth-order valence-corrected chi connectivity index (χ4v) is 3.89. The van der Waals surface area contributed by atoms with E-state index in [-0.39, 0.29) is 11.8 Å². The second kappa shape index (κ2) is 7.65. The van der Waals surface area contributed by atoms with Crippen molar-refractivity contribution in [3.63, 3.8) is 0 Å². The van der Waals surface area contributed by atoms with Gasteiger partial charge in [-0.3, -0.25) is 9.48 Å². The molecule has 0 fully saturated rings. The van der Waals surface area contributed by atoms with Crippen molar-refractivity contribution < 1.29 is 9.53 Å². The number of amides is 1. The van der Waals surface area contributed by atoms with Gasteiger partial charge in [-0.25, -0.2) is 0 Å². The molecule has 31 heavy (non-hydrogen) atoms. The van der Waals surface area contributed by atoms with E-state index in [1.807, 2.05) is 53.9 Å². The number of anilines is 1. The summed E-state index contributed by atoms with van der Waals surface area (Å²) in [5, 5.41) is 22.1. The number of ether oxygens (including phenoxy) is 1. The average molecular weight is 431 g/mol. The number of benzene rings is 1. The van der Waals surface area contributed by atoms with Crippen molar-refractivity contribution in [2.24, 2.45) is 7.05 Å². The zero-order valence-corrected chi connectivity index (χ0v) is 17.5. The maximum atomic E-state index is 12.6. The van der Waals surface area contributed by atoms with E-state index < -0.39 is 0 Å². The van der Waals surface area contributed by atoms with Gasteiger partial charge in [-0.15, -0.1) is 26.6 Å². The van der Waals surface area contributed by atoms with E-state index in [0.29, 0.717) is 22.7 Å². The molecular weight excluding hydrogens is 414 g/mol. The Morgan fingerprint density at radius 2 is 1.90 bits per heavy atom. The van der Waals surface area contributed by atoms with Crippen LogP contribution < -0.4 is 10.1 Å². The topological polar surface area (TPSA) is 99.2 Å². The van der Waals surface area contributed by atoms with Gasteiger partial charge >= 0.3 is 0 Å². The number of rotatable bonds is 5. The molecule has 1 aromatic carbocycles. The molecule has 0 radical (unpaired) electrons. The highest BCUT2D eigenvalue weighted by Crippen LogP contribution is 2.25. The van der Waals surface area contributed by atoms with E-state index in [9.17, 15) is 4.79 Å². The number of hydrogen-bond donors (Lipinski definition) is 1. The SMILES string of the molecule is COc1nn(C)cc1C(=O)Nc1ccc(-c2ccc3nnc(-c4cccs4)n3n2)cc1. The highest BCUT2D eigenvalue weighted by atomic mass is 32.1. The molecular formula is C21H17N7O2S. The molecule has 0 aliphatic rings. The molecule has 9 nitrogen and oxygen atoms in total. The maximum Gasteiger partial charge on any atom is 0.262 e. The smallest absolute Gasteiger partial charge is 0.262 e. The van der Waals surface area contributed by atoms with Crippen LogP contribution in [0.4, 0.5) is 5.69 Å². The highest BCUT2D eigenvalue weighted by molar-refractivity contribution is 7.13. The summed E-state index contributed by atoms with van der Waals surface area (Å²) in [5.74, 6) is 0.702. The van der Waals surface area contributed by atoms with E-state index in [4.69, 9.17) is 9.84 Å². The van der Waals surface area contributed by atoms with Gasteiger partial charge in [0.1, 0.15) is 5.56 Å². The third-order valence-electron chi connectivity index (χ3n) is 4.68. The van der Waals surface area contributed by atoms with Crippen molar-refractivity contribution >= 4 is 28.6 Å². The fraction of sp³-hybridized carbons (Fsp3) is 0.0952. The van der Waals surface area contributed by atoms with Gasteiger partial charge in [0.05, 0.1) is 17.7 Å². The standard InChI is InChI=1S/C21H17N7O2S/c1-27-12-15(21(26-27)30-2)20(29)22-14-7-5-13(6-8-14)16-9-10-18-23-24-19(28(18)25-16)17-4-3-11-31-17/h3-12H,1-2H3,(H,22,29). The Balaban J connectivity index is 1.40. The van der Waals surface area contributed by atoms with Crippen LogP contribution in [0, 0.1) is 0 Å². The summed E-state index contributed by atoms with van der Waals surface area (Å²) in [6.45, 7) is 0. The minimum absolute atomic E-state index is 0.282. The second-order valence-corrected chi connectivity index (χ2v) is 7.69. The number of fused-ring (bicyclic) bond motifs is 1. The van der Waals surface area contributed by atoms with Gasteiger partial charge in [-0.2, -0.15) is 9.61 Å². The second-order valence-electron chi connectivity index (χ2n) is 6.75. The summed E-state index contributed by atoms with van der Waals surface area (Å²) >= 11 is 1.59. The van der Waals surface area contributed by atoms with Crippen LogP contribution >= 0.6 is 11.3 Å². The van der Waals surface area contributed by atoms with Gasteiger partial charge in [0.25, 0.3) is 5.91 Å². The Hall–Kier alpha value is -4.05. The lowest BCUT2D eigenvalue weighted by molar-refractivity contribution is 0.102. The Morgan fingerprint density at radius 3 is 2.65 bits per heavy atom. The molecule has 0 saturated heterocycles. The van der Waals surface area contributed by atoms with Gasteiger partial charge in [0, 0.05) is 24.5 Å². The normalized spacial score (nSPS) is 11.0. The van der Waals surface area contributed by atoms with Crippen LogP contribution in [0.5, 0.6) is 5.88 Å². The number of nitrogens with zero attached hydrogens (tertiary/aromatic N) is 6. The number of carbonyl (C=O) groups excluding carboxylic acids is 1. The molecule has 0 unspecified atom stereocenters. The predicted molar refractivity (Wildman–Crippen MR) is 117 cm³/mol. The van der Waals surface area contributed by atoms with Crippen LogP contribution in [-0.4, -0.2) is 42.6 Å². The van der Waals surface area contributed by atoms with E-state index >= 15 is 0 Å². The average Bonchev–Trinajstić information content (AvgIpc) is 3.52. The molecule has 0 saturated carbocycles. The lowest BCUT2D eigenvalue weighted by Gasteiger charge is -2.07. The molecule has 10 heteroatoms. The number of aromatic nitrogens is 6. The molecule has 1 N–H and O–H groups in total. The van der Waals surface area contributed by atoms with E-state index in [1.165, 1.54) is 11.8 Å². The Labute approximate surface area is 180 Å². The number of thiophene rings is 1. The van der Waals surface area contributed by atoms with Crippen LogP contribution in [0.2, 0.25) is 0 Å². The van der Waals surface area contributed by atoms with Gasteiger partial charge in [-0.1, -0.05) is 18.2 Å². The zero-order valence-electron chi connectivity index (χ0n) is 16.7. The zero-order chi connectivity index (χ0) is 21.4. The third kappa shape index (κ3) is 3.53. The van der Waals surface area contributed by atoms with Crippen LogP contribution in [-0.2, 0) is 7.05 Å². The summed E-state index contributed by atoms with van der Waals surface area (Å²) in [7, 11) is 3.22. The van der Waals surface area contributed by atoms with Gasteiger partial charge in [0.15, 0.2) is 11.5 Å². The first kappa shape index (κ1) is 18.9. The molecule has 5 aromatic rings. The molecule has 0 aliphatic heterocycles. The molecule has 1 amide bonds. The number of carbonyl (C=O) groups is 1. The first-order chi connectivity index (χ1) is 15.1. The Kier molecular flexibility index (Phi) is 4.68. The summed E-state index contributed by atoms with van der Waals surface area (Å²) in [6.07, 6.45) is 1.62. The van der Waals surface area contributed by atoms with Crippen molar-refractivity contribution in [2.75, 3.05) is 12.4 Å². The summed E-state index contributed by atoms with van der Waals surface area (Å²) in [4.78, 5) is 13.6. The quantitative estimate of drug-likeness (QED) is 0.457. The molecule has 0 spiro atoms. The van der Waals surface area contributed by atoms with Crippen molar-refractivity contribution in [1.29, 1.82) is 0 Å². The fourth-order valence-electron chi connectivity index (χ4n) is 3.20. The number of hydrogen-bond acceptors (Lipinski definition) is 7. The van der Waals surface area contributed by atoms with Gasteiger partial charge in [0.2, 0.25) is 5.88 Å². The van der Waals surface area contributed by atoms with Crippen LogP contribution in [0.3, 0.4) is 0 Å². The van der Waals surface area contributed by atoms with Crippen LogP contribution in [0.25, 0.3) is 27.6 Å². The van der Waals surface area contributed by atoms with E-state index in [2.05, 4.69) is 20.6 Å². The highest BCUT2D eigenvalue weighted by Gasteiger charge is 2.17. The largest absolute Gasteiger partial charge is 0.479 e. The third-order valence-corrected chi connectivity index (χ3v) is 5.54. The van der Waals surface area contributed by atoms with Gasteiger partial charge < -0.3 is 10.1 Å². The van der Waals surface area contributed by atoms with Crippen molar-refractivity contribution in [3.8, 4) is 27.8 Å². The molecule has 4 heterocycles. The molecule has 0 aliphatic carbocycles. The number of methoxy groups -OCH3 is 1. The molecule has 0 bridgehead atoms. The number of nitrogens with one attached hydrogen (secondary N) is 1. The van der Waals surface area contributed by atoms with Gasteiger partial charge in [-0.05, 0) is 35.7 Å².